The molecule has 2 aromatic carbocycles. The van der Waals surface area contributed by atoms with Gasteiger partial charge in [0.2, 0.25) is 5.92 Å². The summed E-state index contributed by atoms with van der Waals surface area (Å²) < 4.78 is 58.9. The van der Waals surface area contributed by atoms with Gasteiger partial charge >= 0.3 is 6.09 Å². The number of hydrogen-bond donors (Lipinski definition) is 2. The minimum atomic E-state index is -3.29. The summed E-state index contributed by atoms with van der Waals surface area (Å²) in [5.41, 5.74) is 1.28. The largest absolute Gasteiger partial charge is 0.463 e. The molecular weight excluding hydrogens is 533 g/mol. The fourth-order valence-corrected chi connectivity index (χ4v) is 5.61. The van der Waals surface area contributed by atoms with E-state index in [1.165, 1.54) is 48.9 Å². The molecule has 39 heavy (non-hydrogen) atoms. The first-order valence-electron chi connectivity index (χ1n) is 12.1. The number of halogens is 3. The monoisotopic (exact) mass is 560 g/mol. The summed E-state index contributed by atoms with van der Waals surface area (Å²) in [5, 5.41) is 11.7. The van der Waals surface area contributed by atoms with Crippen molar-refractivity contribution in [3.8, 4) is 11.1 Å². The standard InChI is InChI=1S/C27H27F3N4O4S/c1-17-21(20-9-3-4-10-22(20)28)16-31-24(34-13-6-11-27(29,30)12-14-34)23(17)25(35)32-18-7-5-8-19(15-18)39(2,38)33-26(36)37/h3-5,7-10,15-16H,6,11-14H2,1-2H3,(H,32,35)(H,36,37). The van der Waals surface area contributed by atoms with Gasteiger partial charge in [-0.3, -0.25) is 4.79 Å². The molecule has 2 amide bonds. The Labute approximate surface area is 224 Å². The first-order chi connectivity index (χ1) is 18.4. The molecule has 1 aromatic heterocycles. The van der Waals surface area contributed by atoms with Crippen molar-refractivity contribution < 1.29 is 32.1 Å². The van der Waals surface area contributed by atoms with Gasteiger partial charge in [-0.15, -0.1) is 4.36 Å². The number of nitrogens with zero attached hydrogens (tertiary/aromatic N) is 3. The van der Waals surface area contributed by atoms with Crippen molar-refractivity contribution in [2.24, 2.45) is 4.36 Å². The van der Waals surface area contributed by atoms with Crippen LogP contribution in [0.4, 0.5) is 29.5 Å². The fourth-order valence-electron chi connectivity index (χ4n) is 4.53. The maximum absolute atomic E-state index is 14.7. The normalized spacial score (nSPS) is 16.6. The van der Waals surface area contributed by atoms with Crippen molar-refractivity contribution in [1.82, 2.24) is 4.98 Å². The lowest BCUT2D eigenvalue weighted by Crippen LogP contribution is -2.30. The van der Waals surface area contributed by atoms with Gasteiger partial charge in [0.1, 0.15) is 11.6 Å². The fraction of sp³-hybridized carbons (Fsp3) is 0.296. The number of alkyl halides is 2. The smallest absolute Gasteiger partial charge is 0.439 e. The number of amides is 2. The quantitative estimate of drug-likeness (QED) is 0.384. The van der Waals surface area contributed by atoms with Crippen molar-refractivity contribution in [3.63, 3.8) is 0 Å². The molecule has 4 rings (SSSR count). The minimum Gasteiger partial charge on any atom is -0.463 e. The predicted molar refractivity (Wildman–Crippen MR) is 143 cm³/mol. The number of nitrogens with one attached hydrogen (secondary N) is 1. The average molecular weight is 561 g/mol. The molecule has 1 saturated heterocycles. The molecule has 206 valence electrons. The number of hydrogen-bond acceptors (Lipinski definition) is 5. The van der Waals surface area contributed by atoms with Crippen LogP contribution in [0.1, 0.15) is 35.2 Å². The van der Waals surface area contributed by atoms with E-state index in [9.17, 15) is 27.0 Å². The molecular formula is C27H27F3N4O4S. The molecule has 0 spiro atoms. The molecule has 0 radical (unpaired) electrons. The van der Waals surface area contributed by atoms with E-state index in [1.807, 2.05) is 0 Å². The average Bonchev–Trinajstić information content (AvgIpc) is 3.04. The van der Waals surface area contributed by atoms with Gasteiger partial charge in [-0.2, -0.15) is 0 Å². The van der Waals surface area contributed by atoms with Crippen LogP contribution in [0.2, 0.25) is 0 Å². The molecule has 2 heterocycles. The van der Waals surface area contributed by atoms with Crippen LogP contribution in [0.5, 0.6) is 0 Å². The second kappa shape index (κ2) is 11.0. The highest BCUT2D eigenvalue weighted by Gasteiger charge is 2.33. The molecule has 3 aromatic rings. The summed E-state index contributed by atoms with van der Waals surface area (Å²) in [5.74, 6) is -3.78. The summed E-state index contributed by atoms with van der Waals surface area (Å²) in [6.07, 6.45) is 0.538. The predicted octanol–water partition coefficient (Wildman–Crippen LogP) is 6.21. The molecule has 1 fully saturated rings. The van der Waals surface area contributed by atoms with Gasteiger partial charge < -0.3 is 15.3 Å². The van der Waals surface area contributed by atoms with E-state index in [0.29, 0.717) is 11.1 Å². The Hall–Kier alpha value is -3.93. The number of aromatic nitrogens is 1. The Morgan fingerprint density at radius 1 is 1.10 bits per heavy atom. The first kappa shape index (κ1) is 28.1. The molecule has 1 unspecified atom stereocenters. The summed E-state index contributed by atoms with van der Waals surface area (Å²) in [6.45, 7) is 1.86. The Morgan fingerprint density at radius 2 is 1.85 bits per heavy atom. The van der Waals surface area contributed by atoms with Gasteiger partial charge in [0, 0.05) is 60.1 Å². The van der Waals surface area contributed by atoms with Gasteiger partial charge in [-0.1, -0.05) is 24.3 Å². The number of carboxylic acid groups (broad SMARTS) is 1. The lowest BCUT2D eigenvalue weighted by molar-refractivity contribution is -0.0102. The molecule has 2 N–H and O–H groups in total. The number of anilines is 2. The van der Waals surface area contributed by atoms with Crippen molar-refractivity contribution in [2.45, 2.75) is 37.0 Å². The van der Waals surface area contributed by atoms with Crippen LogP contribution in [0.15, 0.2) is 64.0 Å². The van der Waals surface area contributed by atoms with E-state index in [1.54, 1.807) is 24.0 Å². The van der Waals surface area contributed by atoms with E-state index in [2.05, 4.69) is 14.7 Å². The van der Waals surface area contributed by atoms with Gasteiger partial charge in [-0.25, -0.2) is 27.2 Å². The van der Waals surface area contributed by atoms with E-state index in [0.717, 1.165) is 0 Å². The molecule has 0 bridgehead atoms. The van der Waals surface area contributed by atoms with Crippen LogP contribution in [0.25, 0.3) is 11.1 Å². The molecule has 1 aliphatic rings. The molecule has 12 heteroatoms. The number of carbonyl (C=O) groups excluding carboxylic acids is 1. The Balaban J connectivity index is 1.79. The third-order valence-corrected chi connectivity index (χ3v) is 8.14. The van der Waals surface area contributed by atoms with E-state index >= 15 is 0 Å². The maximum Gasteiger partial charge on any atom is 0.439 e. The SMILES string of the molecule is Cc1c(-c2ccccc2F)cnc(N2CCCC(F)(F)CC2)c1C(=O)Nc1cccc(S(C)(=O)=NC(=O)O)c1. The van der Waals surface area contributed by atoms with Crippen LogP contribution in [0.3, 0.4) is 0 Å². The zero-order chi connectivity index (χ0) is 28.4. The van der Waals surface area contributed by atoms with E-state index in [4.69, 9.17) is 5.11 Å². The summed E-state index contributed by atoms with van der Waals surface area (Å²) in [4.78, 5) is 30.9. The van der Waals surface area contributed by atoms with Crippen molar-refractivity contribution in [1.29, 1.82) is 0 Å². The topological polar surface area (TPSA) is 112 Å². The highest BCUT2D eigenvalue weighted by Crippen LogP contribution is 2.35. The van der Waals surface area contributed by atoms with Crippen molar-refractivity contribution in [2.75, 3.05) is 29.6 Å². The van der Waals surface area contributed by atoms with Gasteiger partial charge in [-0.05, 0) is 43.2 Å². The minimum absolute atomic E-state index is 0.0250. The molecule has 1 atom stereocenters. The molecule has 8 nitrogen and oxygen atoms in total. The first-order valence-corrected chi connectivity index (χ1v) is 14.0. The second-order valence-corrected chi connectivity index (χ2v) is 11.6. The number of rotatable bonds is 5. The summed E-state index contributed by atoms with van der Waals surface area (Å²) >= 11 is 0. The van der Waals surface area contributed by atoms with Crippen LogP contribution >= 0.6 is 0 Å². The molecule has 1 aliphatic heterocycles. The number of carbonyl (C=O) groups is 2. The van der Waals surface area contributed by atoms with Crippen LogP contribution in [0, 0.1) is 12.7 Å². The third-order valence-electron chi connectivity index (χ3n) is 6.51. The van der Waals surface area contributed by atoms with Gasteiger partial charge in [0.05, 0.1) is 15.3 Å². The zero-order valence-electron chi connectivity index (χ0n) is 21.3. The highest BCUT2D eigenvalue weighted by molar-refractivity contribution is 7.93. The van der Waals surface area contributed by atoms with Crippen LogP contribution < -0.4 is 10.2 Å². The van der Waals surface area contributed by atoms with Crippen LogP contribution in [-0.2, 0) is 9.73 Å². The van der Waals surface area contributed by atoms with E-state index in [-0.39, 0.29) is 53.5 Å². The number of pyridine rings is 1. The number of benzene rings is 2. The molecule has 0 aliphatic carbocycles. The second-order valence-electron chi connectivity index (χ2n) is 9.33. The third kappa shape index (κ3) is 6.39. The van der Waals surface area contributed by atoms with Crippen LogP contribution in [-0.4, -0.2) is 51.6 Å². The lowest BCUT2D eigenvalue weighted by Gasteiger charge is -2.26. The van der Waals surface area contributed by atoms with Gasteiger partial charge in [0.15, 0.2) is 0 Å². The summed E-state index contributed by atoms with van der Waals surface area (Å²) in [6, 6.07) is 11.8. The maximum atomic E-state index is 14.7. The Kier molecular flexibility index (Phi) is 7.96. The van der Waals surface area contributed by atoms with Crippen molar-refractivity contribution >= 4 is 33.2 Å². The summed E-state index contributed by atoms with van der Waals surface area (Å²) in [7, 11) is -3.29. The van der Waals surface area contributed by atoms with Gasteiger partial charge in [0.25, 0.3) is 5.91 Å². The zero-order valence-corrected chi connectivity index (χ0v) is 22.1. The highest BCUT2D eigenvalue weighted by atomic mass is 32.2. The lowest BCUT2D eigenvalue weighted by atomic mass is 9.97. The Morgan fingerprint density at radius 3 is 2.56 bits per heavy atom. The molecule has 0 saturated carbocycles. The van der Waals surface area contributed by atoms with Crippen molar-refractivity contribution in [3.05, 3.63) is 71.7 Å². The Bertz CT molecular complexity index is 1550. The van der Waals surface area contributed by atoms with E-state index < -0.39 is 39.9 Å².